The number of benzene rings is 2. The predicted octanol–water partition coefficient (Wildman–Crippen LogP) is 4.59. The number of hydrogen-bond donors (Lipinski definition) is 1. The van der Waals surface area contributed by atoms with E-state index in [1.807, 2.05) is 18.2 Å². The van der Waals surface area contributed by atoms with E-state index in [1.54, 1.807) is 24.3 Å². The number of rotatable bonds is 3. The molecule has 7 heteroatoms. The maximum atomic E-state index is 13.0. The minimum absolute atomic E-state index is 0.307. The lowest BCUT2D eigenvalue weighted by Gasteiger charge is -1.94. The molecule has 0 aliphatic rings. The van der Waals surface area contributed by atoms with Gasteiger partial charge < -0.3 is 4.52 Å². The van der Waals surface area contributed by atoms with E-state index in [9.17, 15) is 4.39 Å². The Bertz CT molecular complexity index is 895. The van der Waals surface area contributed by atoms with Crippen LogP contribution in [0.25, 0.3) is 34.2 Å². The summed E-state index contributed by atoms with van der Waals surface area (Å²) in [6.45, 7) is 0. The molecule has 0 aliphatic heterocycles. The molecule has 0 aliphatic carbocycles. The zero-order valence-electron chi connectivity index (χ0n) is 12.2. The summed E-state index contributed by atoms with van der Waals surface area (Å²) in [6, 6.07) is 15.0. The van der Waals surface area contributed by atoms with E-state index < -0.39 is 0 Å². The molecule has 1 N–H and O–H groups in total. The Morgan fingerprint density at radius 3 is 2.42 bits per heavy atom. The molecule has 0 amide bonds. The first-order chi connectivity index (χ1) is 11.7. The minimum atomic E-state index is -0.316. The standard InChI is InChI=1S/C17H10ClFN4O/c18-12-5-1-10(2-6-12)14-9-15(22-21-14)17-20-16(23-24-17)11-3-7-13(19)8-4-11/h1-9H,(H,21,22). The summed E-state index contributed by atoms with van der Waals surface area (Å²) < 4.78 is 18.2. The average molecular weight is 341 g/mol. The number of hydrogen-bond acceptors (Lipinski definition) is 4. The maximum absolute atomic E-state index is 13.0. The highest BCUT2D eigenvalue weighted by Crippen LogP contribution is 2.25. The molecule has 2 aromatic heterocycles. The highest BCUT2D eigenvalue weighted by atomic mass is 35.5. The van der Waals surface area contributed by atoms with Gasteiger partial charge in [0.1, 0.15) is 11.5 Å². The number of aromatic nitrogens is 4. The first kappa shape index (κ1) is 14.6. The van der Waals surface area contributed by atoms with Crippen molar-refractivity contribution in [1.29, 1.82) is 0 Å². The Kier molecular flexibility index (Phi) is 3.59. The Morgan fingerprint density at radius 1 is 0.958 bits per heavy atom. The van der Waals surface area contributed by atoms with Crippen molar-refractivity contribution in [3.63, 3.8) is 0 Å². The van der Waals surface area contributed by atoms with E-state index >= 15 is 0 Å². The van der Waals surface area contributed by atoms with Crippen LogP contribution in [0.5, 0.6) is 0 Å². The summed E-state index contributed by atoms with van der Waals surface area (Å²) in [7, 11) is 0. The number of nitrogens with one attached hydrogen (secondary N) is 1. The monoisotopic (exact) mass is 340 g/mol. The van der Waals surface area contributed by atoms with Crippen LogP contribution in [0.2, 0.25) is 5.02 Å². The van der Waals surface area contributed by atoms with Crippen LogP contribution < -0.4 is 0 Å². The van der Waals surface area contributed by atoms with Crippen molar-refractivity contribution in [2.24, 2.45) is 0 Å². The first-order valence-electron chi connectivity index (χ1n) is 7.10. The molecular weight excluding hydrogens is 331 g/mol. The molecule has 24 heavy (non-hydrogen) atoms. The largest absolute Gasteiger partial charge is 0.332 e. The van der Waals surface area contributed by atoms with Crippen molar-refractivity contribution < 1.29 is 8.91 Å². The van der Waals surface area contributed by atoms with Crippen molar-refractivity contribution in [3.05, 3.63) is 65.4 Å². The zero-order valence-corrected chi connectivity index (χ0v) is 13.0. The zero-order chi connectivity index (χ0) is 16.5. The number of nitrogens with zero attached hydrogens (tertiary/aromatic N) is 3. The van der Waals surface area contributed by atoms with Gasteiger partial charge in [0.2, 0.25) is 5.82 Å². The molecule has 0 atom stereocenters. The van der Waals surface area contributed by atoms with E-state index in [4.69, 9.17) is 16.1 Å². The molecule has 0 saturated heterocycles. The first-order valence-corrected chi connectivity index (χ1v) is 7.48. The Labute approximate surface area is 141 Å². The molecule has 0 bridgehead atoms. The molecule has 2 aromatic carbocycles. The van der Waals surface area contributed by atoms with Gasteiger partial charge in [-0.2, -0.15) is 10.1 Å². The molecule has 2 heterocycles. The lowest BCUT2D eigenvalue weighted by atomic mass is 10.1. The van der Waals surface area contributed by atoms with E-state index in [0.29, 0.717) is 28.0 Å². The van der Waals surface area contributed by atoms with Crippen LogP contribution in [0, 0.1) is 5.82 Å². The molecule has 0 unspecified atom stereocenters. The summed E-state index contributed by atoms with van der Waals surface area (Å²) in [4.78, 5) is 4.31. The highest BCUT2D eigenvalue weighted by molar-refractivity contribution is 6.30. The van der Waals surface area contributed by atoms with Gasteiger partial charge in [0, 0.05) is 16.1 Å². The van der Waals surface area contributed by atoms with Crippen LogP contribution in [0.1, 0.15) is 0 Å². The lowest BCUT2D eigenvalue weighted by molar-refractivity contribution is 0.431. The Hall–Kier alpha value is -2.99. The molecule has 118 valence electrons. The number of aromatic amines is 1. The molecule has 0 radical (unpaired) electrons. The van der Waals surface area contributed by atoms with Gasteiger partial charge in [0.05, 0.1) is 5.69 Å². The van der Waals surface area contributed by atoms with E-state index in [2.05, 4.69) is 20.3 Å². The van der Waals surface area contributed by atoms with E-state index in [-0.39, 0.29) is 5.82 Å². The van der Waals surface area contributed by atoms with E-state index in [0.717, 1.165) is 11.3 Å². The van der Waals surface area contributed by atoms with Gasteiger partial charge in [-0.15, -0.1) is 0 Å². The van der Waals surface area contributed by atoms with Crippen LogP contribution in [-0.2, 0) is 0 Å². The second-order valence-corrected chi connectivity index (χ2v) is 5.54. The third kappa shape index (κ3) is 2.79. The second kappa shape index (κ2) is 5.90. The van der Waals surface area contributed by atoms with E-state index in [1.165, 1.54) is 12.1 Å². The van der Waals surface area contributed by atoms with Crippen molar-refractivity contribution >= 4 is 11.6 Å². The fourth-order valence-corrected chi connectivity index (χ4v) is 2.37. The molecule has 5 nitrogen and oxygen atoms in total. The van der Waals surface area contributed by atoms with Crippen LogP contribution in [0.4, 0.5) is 4.39 Å². The summed E-state index contributed by atoms with van der Waals surface area (Å²) in [5.74, 6) is 0.373. The van der Waals surface area contributed by atoms with Crippen LogP contribution in [0.15, 0.2) is 59.1 Å². The summed E-state index contributed by atoms with van der Waals surface area (Å²) in [5, 5.41) is 11.7. The summed E-state index contributed by atoms with van der Waals surface area (Å²) in [5.41, 5.74) is 2.92. The third-order valence-corrected chi connectivity index (χ3v) is 3.73. The topological polar surface area (TPSA) is 67.6 Å². The van der Waals surface area contributed by atoms with Crippen LogP contribution in [-0.4, -0.2) is 20.3 Å². The molecular formula is C17H10ClFN4O. The quantitative estimate of drug-likeness (QED) is 0.592. The third-order valence-electron chi connectivity index (χ3n) is 3.48. The van der Waals surface area contributed by atoms with Gasteiger partial charge in [-0.25, -0.2) is 4.39 Å². The molecule has 4 rings (SSSR count). The Morgan fingerprint density at radius 2 is 1.67 bits per heavy atom. The van der Waals surface area contributed by atoms with Crippen LogP contribution >= 0.6 is 11.6 Å². The van der Waals surface area contributed by atoms with Gasteiger partial charge in [-0.05, 0) is 42.5 Å². The lowest BCUT2D eigenvalue weighted by Crippen LogP contribution is -1.82. The van der Waals surface area contributed by atoms with Crippen molar-refractivity contribution in [2.45, 2.75) is 0 Å². The predicted molar refractivity (Wildman–Crippen MR) is 87.7 cm³/mol. The minimum Gasteiger partial charge on any atom is -0.332 e. The second-order valence-electron chi connectivity index (χ2n) is 5.10. The molecule has 0 spiro atoms. The molecule has 0 saturated carbocycles. The fraction of sp³-hybridized carbons (Fsp3) is 0. The van der Waals surface area contributed by atoms with Gasteiger partial charge >= 0.3 is 0 Å². The molecule has 4 aromatic rings. The van der Waals surface area contributed by atoms with Crippen molar-refractivity contribution in [3.8, 4) is 34.2 Å². The average Bonchev–Trinajstić information content (AvgIpc) is 3.25. The smallest absolute Gasteiger partial charge is 0.276 e. The highest BCUT2D eigenvalue weighted by Gasteiger charge is 2.14. The molecule has 0 fully saturated rings. The van der Waals surface area contributed by atoms with Crippen LogP contribution in [0.3, 0.4) is 0 Å². The number of halogens is 2. The Balaban J connectivity index is 1.63. The summed E-state index contributed by atoms with van der Waals surface area (Å²) in [6.07, 6.45) is 0. The van der Waals surface area contributed by atoms with Gasteiger partial charge in [-0.3, -0.25) is 5.10 Å². The van der Waals surface area contributed by atoms with Crippen molar-refractivity contribution in [1.82, 2.24) is 20.3 Å². The van der Waals surface area contributed by atoms with Crippen molar-refractivity contribution in [2.75, 3.05) is 0 Å². The van der Waals surface area contributed by atoms with Gasteiger partial charge in [0.15, 0.2) is 0 Å². The summed E-state index contributed by atoms with van der Waals surface area (Å²) >= 11 is 5.89. The number of H-pyrrole nitrogens is 1. The normalized spacial score (nSPS) is 10.9. The SMILES string of the molecule is Fc1ccc(-c2noc(-c3cc(-c4ccc(Cl)cc4)n[nH]3)n2)cc1. The maximum Gasteiger partial charge on any atom is 0.276 e. The fourth-order valence-electron chi connectivity index (χ4n) is 2.25. The van der Waals surface area contributed by atoms with Gasteiger partial charge in [0.25, 0.3) is 5.89 Å². The van der Waals surface area contributed by atoms with Gasteiger partial charge in [-0.1, -0.05) is 28.9 Å².